The standard InChI is InChI=1S/C28H34N2O5/c1-5-7-12-23(31)30-27-18-14-13-17(16(3)4)15-22(18)35-28(27,20(9-6-2)26(33)34)19-10-8-11-21(29)24(19)25(27)32/h8,10-11,13-16,20H,5-7,9,12,29H2,1-4H3,(H,30,31)(H,33,34). The molecule has 7 heteroatoms. The Morgan fingerprint density at radius 2 is 1.86 bits per heavy atom. The third-order valence-corrected chi connectivity index (χ3v) is 7.42. The molecular formula is C28H34N2O5. The molecule has 0 radical (unpaired) electrons. The Morgan fingerprint density at radius 1 is 1.11 bits per heavy atom. The van der Waals surface area contributed by atoms with Crippen LogP contribution < -0.4 is 15.8 Å². The minimum absolute atomic E-state index is 0.194. The molecule has 1 amide bonds. The number of rotatable bonds is 9. The van der Waals surface area contributed by atoms with E-state index in [0.717, 1.165) is 12.0 Å². The predicted octanol–water partition coefficient (Wildman–Crippen LogP) is 4.88. The van der Waals surface area contributed by atoms with E-state index in [9.17, 15) is 19.5 Å². The average Bonchev–Trinajstić information content (AvgIpc) is 3.21. The van der Waals surface area contributed by atoms with Gasteiger partial charge in [-0.05, 0) is 36.5 Å². The number of aliphatic carboxylic acids is 1. The highest BCUT2D eigenvalue weighted by Crippen LogP contribution is 2.64. The number of benzene rings is 2. The molecule has 186 valence electrons. The average molecular weight is 479 g/mol. The Balaban J connectivity index is 2.07. The van der Waals surface area contributed by atoms with Gasteiger partial charge in [-0.2, -0.15) is 0 Å². The van der Waals surface area contributed by atoms with Crippen molar-refractivity contribution in [2.75, 3.05) is 5.73 Å². The van der Waals surface area contributed by atoms with Gasteiger partial charge in [0.2, 0.25) is 5.91 Å². The first-order valence-electron chi connectivity index (χ1n) is 12.5. The van der Waals surface area contributed by atoms with E-state index in [2.05, 4.69) is 5.32 Å². The number of nitrogens with one attached hydrogen (secondary N) is 1. The molecule has 0 aromatic heterocycles. The number of ketones is 1. The highest BCUT2D eigenvalue weighted by Gasteiger charge is 2.75. The first-order chi connectivity index (χ1) is 16.6. The van der Waals surface area contributed by atoms with Crippen molar-refractivity contribution in [1.29, 1.82) is 0 Å². The van der Waals surface area contributed by atoms with Crippen molar-refractivity contribution in [2.24, 2.45) is 5.92 Å². The number of amides is 1. The van der Waals surface area contributed by atoms with E-state index in [1.54, 1.807) is 24.3 Å². The monoisotopic (exact) mass is 478 g/mol. The van der Waals surface area contributed by atoms with Crippen LogP contribution in [0.4, 0.5) is 5.69 Å². The summed E-state index contributed by atoms with van der Waals surface area (Å²) in [6.45, 7) is 7.97. The van der Waals surface area contributed by atoms with Crippen molar-refractivity contribution in [3.8, 4) is 5.75 Å². The topological polar surface area (TPSA) is 119 Å². The molecule has 1 aliphatic carbocycles. The van der Waals surface area contributed by atoms with Crippen molar-refractivity contribution in [1.82, 2.24) is 5.32 Å². The zero-order valence-corrected chi connectivity index (χ0v) is 20.8. The fraction of sp³-hybridized carbons (Fsp3) is 0.464. The number of carbonyl (C=O) groups is 3. The van der Waals surface area contributed by atoms with Crippen LogP contribution in [0.1, 0.15) is 92.8 Å². The van der Waals surface area contributed by atoms with Crippen LogP contribution in [0, 0.1) is 5.92 Å². The van der Waals surface area contributed by atoms with Crippen molar-refractivity contribution in [3.63, 3.8) is 0 Å². The first-order valence-corrected chi connectivity index (χ1v) is 12.5. The van der Waals surface area contributed by atoms with Crippen molar-refractivity contribution in [2.45, 2.75) is 76.9 Å². The lowest BCUT2D eigenvalue weighted by atomic mass is 9.67. The Morgan fingerprint density at radius 3 is 2.49 bits per heavy atom. The summed E-state index contributed by atoms with van der Waals surface area (Å²) in [5.41, 5.74) is 5.28. The van der Waals surface area contributed by atoms with Gasteiger partial charge in [-0.25, -0.2) is 0 Å². The summed E-state index contributed by atoms with van der Waals surface area (Å²) in [4.78, 5) is 40.4. The maximum absolute atomic E-state index is 14.4. The SMILES string of the molecule is CCCCC(=O)NC12C(=O)c3c(N)cccc3C1(C(CCC)C(=O)O)Oc1cc(C(C)C)ccc12. The molecule has 3 atom stereocenters. The van der Waals surface area contributed by atoms with Gasteiger partial charge >= 0.3 is 5.97 Å². The van der Waals surface area contributed by atoms with E-state index in [4.69, 9.17) is 10.5 Å². The molecule has 0 spiro atoms. The predicted molar refractivity (Wildman–Crippen MR) is 133 cm³/mol. The normalized spacial score (nSPS) is 22.8. The number of anilines is 1. The van der Waals surface area contributed by atoms with Crippen molar-refractivity contribution < 1.29 is 24.2 Å². The summed E-state index contributed by atoms with van der Waals surface area (Å²) >= 11 is 0. The van der Waals surface area contributed by atoms with Gasteiger partial charge in [-0.15, -0.1) is 0 Å². The van der Waals surface area contributed by atoms with Crippen molar-refractivity contribution in [3.05, 3.63) is 58.7 Å². The van der Waals surface area contributed by atoms with E-state index >= 15 is 0 Å². The van der Waals surface area contributed by atoms with Gasteiger partial charge in [0.1, 0.15) is 11.7 Å². The number of carboxylic acid groups (broad SMARTS) is 1. The van der Waals surface area contributed by atoms with Crippen LogP contribution in [-0.2, 0) is 20.7 Å². The van der Waals surface area contributed by atoms with Crippen LogP contribution in [-0.4, -0.2) is 22.8 Å². The zero-order chi connectivity index (χ0) is 25.5. The summed E-state index contributed by atoms with van der Waals surface area (Å²) in [6, 6.07) is 10.6. The number of carboxylic acids is 1. The van der Waals surface area contributed by atoms with E-state index in [-0.39, 0.29) is 35.9 Å². The number of nitrogens with two attached hydrogens (primary N) is 1. The van der Waals surface area contributed by atoms with Crippen LogP contribution in [0.2, 0.25) is 0 Å². The molecule has 7 nitrogen and oxygen atoms in total. The van der Waals surface area contributed by atoms with Gasteiger partial charge in [0.05, 0.1) is 5.56 Å². The Kier molecular flexibility index (Phi) is 6.38. The molecule has 0 fully saturated rings. The molecule has 35 heavy (non-hydrogen) atoms. The van der Waals surface area contributed by atoms with E-state index in [1.807, 2.05) is 39.8 Å². The van der Waals surface area contributed by atoms with Gasteiger partial charge in [-0.3, -0.25) is 14.4 Å². The minimum Gasteiger partial charge on any atom is -0.481 e. The quantitative estimate of drug-likeness (QED) is 0.442. The molecule has 1 heterocycles. The minimum atomic E-state index is -1.72. The smallest absolute Gasteiger partial charge is 0.311 e. The lowest BCUT2D eigenvalue weighted by Crippen LogP contribution is -2.64. The third-order valence-electron chi connectivity index (χ3n) is 7.42. The van der Waals surface area contributed by atoms with Gasteiger partial charge in [0.25, 0.3) is 0 Å². The van der Waals surface area contributed by atoms with Gasteiger partial charge in [0.15, 0.2) is 16.9 Å². The Bertz CT molecular complexity index is 1190. The molecular weight excluding hydrogens is 444 g/mol. The number of carbonyl (C=O) groups excluding carboxylic acids is 2. The van der Waals surface area contributed by atoms with Crippen LogP contribution in [0.25, 0.3) is 0 Å². The fourth-order valence-electron chi connectivity index (χ4n) is 5.75. The summed E-state index contributed by atoms with van der Waals surface area (Å²) < 4.78 is 6.67. The van der Waals surface area contributed by atoms with Crippen LogP contribution >= 0.6 is 0 Å². The molecule has 2 aliphatic rings. The molecule has 2 aromatic carbocycles. The third kappa shape index (κ3) is 3.43. The molecule has 4 N–H and O–H groups in total. The van der Waals surface area contributed by atoms with Crippen LogP contribution in [0.15, 0.2) is 36.4 Å². The van der Waals surface area contributed by atoms with E-state index in [0.29, 0.717) is 29.7 Å². The van der Waals surface area contributed by atoms with E-state index < -0.39 is 28.8 Å². The lowest BCUT2D eigenvalue weighted by Gasteiger charge is -2.42. The Labute approximate surface area is 206 Å². The number of hydrogen-bond donors (Lipinski definition) is 3. The van der Waals surface area contributed by atoms with Crippen LogP contribution in [0.3, 0.4) is 0 Å². The second-order valence-electron chi connectivity index (χ2n) is 9.93. The summed E-state index contributed by atoms with van der Waals surface area (Å²) in [5, 5.41) is 13.5. The second-order valence-corrected chi connectivity index (χ2v) is 9.93. The Hall–Kier alpha value is -3.35. The van der Waals surface area contributed by atoms with Crippen molar-refractivity contribution >= 4 is 23.3 Å². The lowest BCUT2D eigenvalue weighted by molar-refractivity contribution is -0.155. The van der Waals surface area contributed by atoms with Gasteiger partial charge in [0, 0.05) is 23.2 Å². The molecule has 0 bridgehead atoms. The summed E-state index contributed by atoms with van der Waals surface area (Å²) in [6.07, 6.45) is 2.49. The number of unbranched alkanes of at least 4 members (excludes halogenated alkanes) is 1. The highest BCUT2D eigenvalue weighted by molar-refractivity contribution is 6.16. The number of nitrogen functional groups attached to an aromatic ring is 1. The number of ether oxygens (including phenoxy) is 1. The van der Waals surface area contributed by atoms with Gasteiger partial charge in [-0.1, -0.05) is 64.8 Å². The second kappa shape index (κ2) is 9.02. The fourth-order valence-corrected chi connectivity index (χ4v) is 5.75. The molecule has 3 unspecified atom stereocenters. The van der Waals surface area contributed by atoms with Crippen LogP contribution in [0.5, 0.6) is 5.75 Å². The highest BCUT2D eigenvalue weighted by atomic mass is 16.5. The molecule has 0 saturated heterocycles. The maximum atomic E-state index is 14.4. The number of Topliss-reactive ketones (excluding diaryl/α,β-unsaturated/α-hetero) is 1. The first kappa shape index (κ1) is 24.8. The van der Waals surface area contributed by atoms with E-state index in [1.165, 1.54) is 0 Å². The molecule has 4 rings (SSSR count). The number of hydrogen-bond acceptors (Lipinski definition) is 5. The zero-order valence-electron chi connectivity index (χ0n) is 20.8. The largest absolute Gasteiger partial charge is 0.481 e. The maximum Gasteiger partial charge on any atom is 0.311 e. The summed E-state index contributed by atoms with van der Waals surface area (Å²) in [7, 11) is 0. The van der Waals surface area contributed by atoms with Gasteiger partial charge < -0.3 is 20.9 Å². The number of fused-ring (bicyclic) bond motifs is 5. The summed E-state index contributed by atoms with van der Waals surface area (Å²) in [5.74, 6) is -2.30. The molecule has 2 aromatic rings. The molecule has 0 saturated carbocycles. The molecule has 1 aliphatic heterocycles.